The Labute approximate surface area is 172 Å². The van der Waals surface area contributed by atoms with E-state index in [1.54, 1.807) is 14.2 Å². The van der Waals surface area contributed by atoms with Crippen molar-refractivity contribution >= 4 is 17.5 Å². The molecule has 0 saturated carbocycles. The second-order valence-electron chi connectivity index (χ2n) is 7.27. The SMILES string of the molecule is CCC1CCCCN1c1ccc(NC(=O)CCc2ccc(OC)c(OC)c2)nn1. The number of piperidine rings is 1. The number of aromatic nitrogens is 2. The molecule has 0 aliphatic carbocycles. The summed E-state index contributed by atoms with van der Waals surface area (Å²) in [5, 5.41) is 11.4. The summed E-state index contributed by atoms with van der Waals surface area (Å²) in [6, 6.07) is 9.98. The van der Waals surface area contributed by atoms with Crippen molar-refractivity contribution in [3.05, 3.63) is 35.9 Å². The average molecular weight is 399 g/mol. The topological polar surface area (TPSA) is 76.6 Å². The predicted molar refractivity (Wildman–Crippen MR) is 114 cm³/mol. The van der Waals surface area contributed by atoms with Crippen molar-refractivity contribution in [1.29, 1.82) is 0 Å². The van der Waals surface area contributed by atoms with Gasteiger partial charge in [-0.25, -0.2) is 0 Å². The third kappa shape index (κ3) is 5.37. The predicted octanol–water partition coefficient (Wildman–Crippen LogP) is 3.83. The molecular formula is C22H30N4O3. The molecule has 2 heterocycles. The number of carbonyl (C=O) groups excluding carboxylic acids is 1. The lowest BCUT2D eigenvalue weighted by Gasteiger charge is -2.35. The Balaban J connectivity index is 1.54. The summed E-state index contributed by atoms with van der Waals surface area (Å²) in [6.45, 7) is 3.23. The molecule has 1 fully saturated rings. The summed E-state index contributed by atoms with van der Waals surface area (Å²) in [6.07, 6.45) is 5.72. The highest BCUT2D eigenvalue weighted by Gasteiger charge is 2.22. The minimum absolute atomic E-state index is 0.0914. The summed E-state index contributed by atoms with van der Waals surface area (Å²) in [7, 11) is 3.20. The Morgan fingerprint density at radius 2 is 1.97 bits per heavy atom. The monoisotopic (exact) mass is 398 g/mol. The maximum Gasteiger partial charge on any atom is 0.225 e. The molecule has 3 rings (SSSR count). The second-order valence-corrected chi connectivity index (χ2v) is 7.27. The maximum absolute atomic E-state index is 12.3. The first-order valence-electron chi connectivity index (χ1n) is 10.3. The molecule has 7 nitrogen and oxygen atoms in total. The fraction of sp³-hybridized carbons (Fsp3) is 0.500. The normalized spacial score (nSPS) is 16.4. The highest BCUT2D eigenvalue weighted by Crippen LogP contribution is 2.28. The number of methoxy groups -OCH3 is 2. The molecule has 1 aromatic carbocycles. The first-order valence-corrected chi connectivity index (χ1v) is 10.3. The van der Waals surface area contributed by atoms with Crippen LogP contribution in [0.3, 0.4) is 0 Å². The number of aryl methyl sites for hydroxylation is 1. The molecule has 7 heteroatoms. The smallest absolute Gasteiger partial charge is 0.225 e. The number of ether oxygens (including phenoxy) is 2. The minimum Gasteiger partial charge on any atom is -0.493 e. The highest BCUT2D eigenvalue weighted by atomic mass is 16.5. The number of hydrogen-bond acceptors (Lipinski definition) is 6. The first-order chi connectivity index (χ1) is 14.1. The van der Waals surface area contributed by atoms with Gasteiger partial charge in [-0.1, -0.05) is 13.0 Å². The zero-order valence-corrected chi connectivity index (χ0v) is 17.5. The van der Waals surface area contributed by atoms with Crippen molar-refractivity contribution in [1.82, 2.24) is 10.2 Å². The fourth-order valence-corrected chi connectivity index (χ4v) is 3.77. The van der Waals surface area contributed by atoms with Crippen LogP contribution in [0.5, 0.6) is 11.5 Å². The van der Waals surface area contributed by atoms with Crippen LogP contribution in [0.2, 0.25) is 0 Å². The Bertz CT molecular complexity index is 810. The van der Waals surface area contributed by atoms with E-state index in [4.69, 9.17) is 9.47 Å². The number of rotatable bonds is 8. The Morgan fingerprint density at radius 3 is 2.66 bits per heavy atom. The van der Waals surface area contributed by atoms with Gasteiger partial charge in [-0.15, -0.1) is 10.2 Å². The molecule has 1 unspecified atom stereocenters. The zero-order valence-electron chi connectivity index (χ0n) is 17.5. The summed E-state index contributed by atoms with van der Waals surface area (Å²) in [4.78, 5) is 14.6. The number of amides is 1. The number of hydrogen-bond donors (Lipinski definition) is 1. The van der Waals surface area contributed by atoms with Crippen LogP contribution in [0.1, 0.15) is 44.6 Å². The van der Waals surface area contributed by atoms with Gasteiger partial charge in [0.2, 0.25) is 5.91 Å². The van der Waals surface area contributed by atoms with E-state index >= 15 is 0 Å². The van der Waals surface area contributed by atoms with Crippen LogP contribution < -0.4 is 19.7 Å². The lowest BCUT2D eigenvalue weighted by molar-refractivity contribution is -0.116. The van der Waals surface area contributed by atoms with Crippen LogP contribution in [0.25, 0.3) is 0 Å². The first kappa shape index (κ1) is 20.9. The lowest BCUT2D eigenvalue weighted by Crippen LogP contribution is -2.39. The minimum atomic E-state index is -0.0914. The third-order valence-electron chi connectivity index (χ3n) is 5.40. The quantitative estimate of drug-likeness (QED) is 0.728. The number of anilines is 2. The lowest BCUT2D eigenvalue weighted by atomic mass is 10.0. The van der Waals surface area contributed by atoms with E-state index in [0.717, 1.165) is 24.3 Å². The van der Waals surface area contributed by atoms with Gasteiger partial charge in [-0.2, -0.15) is 0 Å². The standard InChI is InChI=1S/C22H30N4O3/c1-4-17-7-5-6-14-26(17)21-12-11-20(24-25-21)23-22(27)13-9-16-8-10-18(28-2)19(15-16)29-3/h8,10-12,15,17H,4-7,9,13-14H2,1-3H3,(H,23,24,27). The molecule has 1 N–H and O–H groups in total. The van der Waals surface area contributed by atoms with Crippen LogP contribution in [0, 0.1) is 0 Å². The highest BCUT2D eigenvalue weighted by molar-refractivity contribution is 5.89. The molecule has 1 aliphatic heterocycles. The molecule has 0 spiro atoms. The summed E-state index contributed by atoms with van der Waals surface area (Å²) < 4.78 is 10.5. The zero-order chi connectivity index (χ0) is 20.6. The van der Waals surface area contributed by atoms with Crippen LogP contribution in [-0.2, 0) is 11.2 Å². The number of benzene rings is 1. The summed E-state index contributed by atoms with van der Waals surface area (Å²) in [5.74, 6) is 2.62. The van der Waals surface area contributed by atoms with Crippen molar-refractivity contribution in [3.63, 3.8) is 0 Å². The summed E-state index contributed by atoms with van der Waals surface area (Å²) >= 11 is 0. The molecule has 1 atom stereocenters. The molecule has 0 bridgehead atoms. The second kappa shape index (κ2) is 10.1. The van der Waals surface area contributed by atoms with Gasteiger partial charge in [-0.05, 0) is 61.9 Å². The molecular weight excluding hydrogens is 368 g/mol. The Morgan fingerprint density at radius 1 is 1.14 bits per heavy atom. The van der Waals surface area contributed by atoms with E-state index in [1.807, 2.05) is 30.3 Å². The van der Waals surface area contributed by atoms with Crippen LogP contribution >= 0.6 is 0 Å². The van der Waals surface area contributed by atoms with Crippen LogP contribution in [-0.4, -0.2) is 42.9 Å². The van der Waals surface area contributed by atoms with E-state index in [2.05, 4.69) is 27.3 Å². The van der Waals surface area contributed by atoms with Crippen molar-refractivity contribution in [2.24, 2.45) is 0 Å². The van der Waals surface area contributed by atoms with Gasteiger partial charge in [0.25, 0.3) is 0 Å². The van der Waals surface area contributed by atoms with Crippen LogP contribution in [0.4, 0.5) is 11.6 Å². The van der Waals surface area contributed by atoms with E-state index in [9.17, 15) is 4.79 Å². The molecule has 29 heavy (non-hydrogen) atoms. The van der Waals surface area contributed by atoms with Gasteiger partial charge in [0.05, 0.1) is 14.2 Å². The van der Waals surface area contributed by atoms with Gasteiger partial charge in [0.15, 0.2) is 23.1 Å². The molecule has 1 aromatic heterocycles. The molecule has 0 radical (unpaired) electrons. The van der Waals surface area contributed by atoms with Gasteiger partial charge in [-0.3, -0.25) is 4.79 Å². The molecule has 1 aliphatic rings. The van der Waals surface area contributed by atoms with Crippen molar-refractivity contribution in [2.75, 3.05) is 31.0 Å². The molecule has 1 saturated heterocycles. The third-order valence-corrected chi connectivity index (χ3v) is 5.40. The Hall–Kier alpha value is -2.83. The molecule has 1 amide bonds. The van der Waals surface area contributed by atoms with Crippen LogP contribution in [0.15, 0.2) is 30.3 Å². The largest absolute Gasteiger partial charge is 0.493 e. The van der Waals surface area contributed by atoms with Gasteiger partial charge in [0, 0.05) is 19.0 Å². The molecule has 2 aromatic rings. The van der Waals surface area contributed by atoms with Gasteiger partial charge < -0.3 is 19.7 Å². The van der Waals surface area contributed by atoms with Gasteiger partial charge >= 0.3 is 0 Å². The number of nitrogens with one attached hydrogen (secondary N) is 1. The molecule has 156 valence electrons. The van der Waals surface area contributed by atoms with Gasteiger partial charge in [0.1, 0.15) is 0 Å². The van der Waals surface area contributed by atoms with E-state index in [0.29, 0.717) is 36.2 Å². The fourth-order valence-electron chi connectivity index (χ4n) is 3.77. The van der Waals surface area contributed by atoms with E-state index in [-0.39, 0.29) is 5.91 Å². The van der Waals surface area contributed by atoms with Crippen molar-refractivity contribution in [3.8, 4) is 11.5 Å². The number of carbonyl (C=O) groups is 1. The maximum atomic E-state index is 12.3. The summed E-state index contributed by atoms with van der Waals surface area (Å²) in [5.41, 5.74) is 1.01. The van der Waals surface area contributed by atoms with Crippen molar-refractivity contribution < 1.29 is 14.3 Å². The average Bonchev–Trinajstić information content (AvgIpc) is 2.78. The number of nitrogens with zero attached hydrogens (tertiary/aromatic N) is 3. The van der Waals surface area contributed by atoms with E-state index < -0.39 is 0 Å². The Kier molecular flexibility index (Phi) is 7.27. The van der Waals surface area contributed by atoms with E-state index in [1.165, 1.54) is 19.3 Å². The van der Waals surface area contributed by atoms with Crippen molar-refractivity contribution in [2.45, 2.75) is 51.5 Å².